The van der Waals surface area contributed by atoms with Crippen LogP contribution in [0.5, 0.6) is 11.5 Å². The smallest absolute Gasteiger partial charge is 0.337 e. The molecular weight excluding hydrogens is 638 g/mol. The molecule has 7 rings (SSSR count). The van der Waals surface area contributed by atoms with Gasteiger partial charge in [-0.15, -0.1) is 0 Å². The van der Waals surface area contributed by atoms with E-state index in [4.69, 9.17) is 51.1 Å². The molecule has 0 aliphatic carbocycles. The first-order chi connectivity index (χ1) is 20.9. The van der Waals surface area contributed by atoms with Gasteiger partial charge in [-0.25, -0.2) is 9.37 Å². The van der Waals surface area contributed by atoms with Crippen molar-refractivity contribution in [2.75, 3.05) is 24.5 Å². The number of anilines is 1. The third-order valence-electron chi connectivity index (χ3n) is 9.60. The highest BCUT2D eigenvalue weighted by Gasteiger charge is 2.38. The number of halogens is 4. The average Bonchev–Trinajstić information content (AvgIpc) is 3.19. The number of likely N-dealkylation sites (N-methyl/N-ethyl adjacent to an activating group) is 1. The monoisotopic (exact) mass is 669 g/mol. The molecule has 1 N–H and O–H groups in total. The van der Waals surface area contributed by atoms with Crippen molar-refractivity contribution < 1.29 is 14.6 Å². The van der Waals surface area contributed by atoms with Crippen LogP contribution in [0, 0.1) is 0 Å². The number of benzene rings is 3. The second-order valence-electron chi connectivity index (χ2n) is 12.7. The van der Waals surface area contributed by atoms with Gasteiger partial charge in [0.2, 0.25) is 5.36 Å². The van der Waals surface area contributed by atoms with E-state index >= 15 is 0 Å². The summed E-state index contributed by atoms with van der Waals surface area (Å²) < 4.78 is 9.31. The Kier molecular flexibility index (Phi) is 7.28. The lowest BCUT2D eigenvalue weighted by molar-refractivity contribution is 0.0696. The largest absolute Gasteiger partial charge is 0.478 e. The maximum absolute atomic E-state index is 12.9. The summed E-state index contributed by atoms with van der Waals surface area (Å²) in [6.07, 6.45) is 7.28. The number of ether oxygens (including phenoxy) is 1. The summed E-state index contributed by atoms with van der Waals surface area (Å²) in [7, 11) is 0. The first-order valence-electron chi connectivity index (χ1n) is 15.2. The Bertz CT molecular complexity index is 1980. The molecule has 0 atom stereocenters. The molecule has 4 aliphatic rings. The van der Waals surface area contributed by atoms with Crippen molar-refractivity contribution in [1.29, 1.82) is 0 Å². The number of nitrogens with zero attached hydrogens (tertiary/aromatic N) is 2. The molecule has 228 valence electrons. The molecule has 0 radical (unpaired) electrons. The molecule has 3 aromatic carbocycles. The van der Waals surface area contributed by atoms with Gasteiger partial charge in [-0.1, -0.05) is 46.4 Å². The Morgan fingerprint density at radius 3 is 2.43 bits per heavy atom. The van der Waals surface area contributed by atoms with E-state index in [1.165, 1.54) is 11.3 Å². The number of fused-ring (bicyclic) bond motifs is 4. The molecule has 0 bridgehead atoms. The number of aromatic carboxylic acids is 1. The summed E-state index contributed by atoms with van der Waals surface area (Å²) in [4.78, 5) is 15.4. The molecule has 4 aliphatic heterocycles. The molecule has 0 unspecified atom stereocenters. The Hall–Kier alpha value is -2.70. The van der Waals surface area contributed by atoms with Crippen LogP contribution in [-0.4, -0.2) is 36.2 Å². The van der Waals surface area contributed by atoms with Crippen LogP contribution in [0.2, 0.25) is 20.1 Å². The quantitative estimate of drug-likeness (QED) is 0.136. The van der Waals surface area contributed by atoms with Crippen molar-refractivity contribution in [3.05, 3.63) is 88.3 Å². The number of hydrogen-bond acceptors (Lipinski definition) is 3. The summed E-state index contributed by atoms with van der Waals surface area (Å²) in [5.74, 6) is 0.160. The molecular formula is C35H33Cl4N2O3+. The van der Waals surface area contributed by atoms with Gasteiger partial charge in [0.15, 0.2) is 5.54 Å². The minimum atomic E-state index is -1.23. The topological polar surface area (TPSA) is 52.8 Å². The number of hydrogen-bond donors (Lipinski definition) is 1. The summed E-state index contributed by atoms with van der Waals surface area (Å²) in [5.41, 5.74) is 7.19. The minimum absolute atomic E-state index is 0.0237. The third-order valence-corrected chi connectivity index (χ3v) is 11.4. The van der Waals surface area contributed by atoms with Crippen molar-refractivity contribution in [2.24, 2.45) is 0 Å². The van der Waals surface area contributed by atoms with Gasteiger partial charge < -0.3 is 14.7 Å². The van der Waals surface area contributed by atoms with Crippen molar-refractivity contribution >= 4 is 69.2 Å². The maximum atomic E-state index is 12.9. The molecule has 0 saturated heterocycles. The van der Waals surface area contributed by atoms with Crippen LogP contribution in [-0.2, 0) is 12.8 Å². The zero-order chi connectivity index (χ0) is 31.2. The number of carboxylic acids is 1. The fourth-order valence-corrected chi connectivity index (χ4v) is 8.87. The maximum Gasteiger partial charge on any atom is 0.337 e. The lowest BCUT2D eigenvalue weighted by Crippen LogP contribution is -2.49. The van der Waals surface area contributed by atoms with Crippen molar-refractivity contribution in [3.63, 3.8) is 0 Å². The lowest BCUT2D eigenvalue weighted by Gasteiger charge is -2.35. The van der Waals surface area contributed by atoms with Crippen molar-refractivity contribution in [2.45, 2.75) is 65.3 Å². The summed E-state index contributed by atoms with van der Waals surface area (Å²) in [6, 6.07) is 6.38. The fourth-order valence-electron chi connectivity index (χ4n) is 7.84. The molecule has 0 fully saturated rings. The number of carboxylic acid groups (broad SMARTS) is 1. The van der Waals surface area contributed by atoms with Gasteiger partial charge in [-0.05, 0) is 75.3 Å². The molecule has 3 aromatic rings. The second-order valence-corrected chi connectivity index (χ2v) is 14.2. The highest BCUT2D eigenvalue weighted by molar-refractivity contribution is 6.53. The normalized spacial score (nSPS) is 18.0. The Morgan fingerprint density at radius 2 is 1.70 bits per heavy atom. The summed E-state index contributed by atoms with van der Waals surface area (Å²) >= 11 is 26.7. The van der Waals surface area contributed by atoms with Gasteiger partial charge in [0.25, 0.3) is 0 Å². The number of aryl methyl sites for hydroxylation is 1. The SMILES string of the molecule is CC[N+]1=c2cc3c(cc2C(C)=CC1(C)C)=C(c1c(Cl)c(Cl)c(Cl)c(Cl)c1C(=O)O)c1cc2c4c(c1O3)CCCN4CCCC2. The van der Waals surface area contributed by atoms with Gasteiger partial charge in [0.05, 0.1) is 31.7 Å². The first kappa shape index (κ1) is 30.0. The van der Waals surface area contributed by atoms with E-state index in [0.29, 0.717) is 11.3 Å². The van der Waals surface area contributed by atoms with Crippen LogP contribution in [0.4, 0.5) is 5.69 Å². The van der Waals surface area contributed by atoms with Crippen LogP contribution >= 0.6 is 46.4 Å². The molecule has 4 heterocycles. The molecule has 0 aromatic heterocycles. The lowest BCUT2D eigenvalue weighted by atomic mass is 9.83. The molecule has 5 nitrogen and oxygen atoms in total. The van der Waals surface area contributed by atoms with E-state index in [-0.39, 0.29) is 36.8 Å². The Labute approximate surface area is 276 Å². The number of carbonyl (C=O) groups is 1. The van der Waals surface area contributed by atoms with Gasteiger partial charge >= 0.3 is 5.97 Å². The Morgan fingerprint density at radius 1 is 0.977 bits per heavy atom. The van der Waals surface area contributed by atoms with E-state index in [1.54, 1.807) is 0 Å². The van der Waals surface area contributed by atoms with Crippen LogP contribution in [0.1, 0.15) is 85.1 Å². The van der Waals surface area contributed by atoms with Crippen LogP contribution < -0.4 is 24.8 Å². The van der Waals surface area contributed by atoms with E-state index in [0.717, 1.165) is 90.3 Å². The van der Waals surface area contributed by atoms with E-state index < -0.39 is 5.97 Å². The van der Waals surface area contributed by atoms with Crippen LogP contribution in [0.3, 0.4) is 0 Å². The van der Waals surface area contributed by atoms with Crippen LogP contribution in [0.25, 0.3) is 11.1 Å². The molecule has 0 spiro atoms. The predicted molar refractivity (Wildman–Crippen MR) is 180 cm³/mol. The van der Waals surface area contributed by atoms with E-state index in [9.17, 15) is 9.90 Å². The molecule has 44 heavy (non-hydrogen) atoms. The molecule has 0 saturated carbocycles. The third kappa shape index (κ3) is 4.34. The number of allylic oxidation sites excluding steroid dienone is 1. The van der Waals surface area contributed by atoms with Gasteiger partial charge in [-0.2, -0.15) is 0 Å². The Balaban J connectivity index is 1.70. The van der Waals surface area contributed by atoms with Crippen molar-refractivity contribution in [1.82, 2.24) is 4.58 Å². The fraction of sp³-hybridized carbons (Fsp3) is 0.371. The summed E-state index contributed by atoms with van der Waals surface area (Å²) in [6.45, 7) is 11.5. The van der Waals surface area contributed by atoms with Gasteiger partial charge in [-0.3, -0.25) is 0 Å². The highest BCUT2D eigenvalue weighted by Crippen LogP contribution is 2.51. The minimum Gasteiger partial charge on any atom is -0.478 e. The van der Waals surface area contributed by atoms with E-state index in [2.05, 4.69) is 61.4 Å². The van der Waals surface area contributed by atoms with Crippen LogP contribution in [0.15, 0.2) is 24.3 Å². The van der Waals surface area contributed by atoms with Crippen molar-refractivity contribution in [3.8, 4) is 11.5 Å². The average molecular weight is 671 g/mol. The second kappa shape index (κ2) is 10.7. The molecule has 9 heteroatoms. The zero-order valence-corrected chi connectivity index (χ0v) is 28.2. The predicted octanol–water partition coefficient (Wildman–Crippen LogP) is 8.15. The summed E-state index contributed by atoms with van der Waals surface area (Å²) in [5, 5.41) is 12.2. The first-order valence-corrected chi connectivity index (χ1v) is 16.7. The number of rotatable bonds is 3. The highest BCUT2D eigenvalue weighted by atomic mass is 35.5. The zero-order valence-electron chi connectivity index (χ0n) is 25.1. The van der Waals surface area contributed by atoms with Gasteiger partial charge in [0.1, 0.15) is 18.0 Å². The standard InChI is InChI=1S/C35H32Cl4N2O3/c1-5-41-23-15-24-21(14-20(23)17(2)16-35(41,3)4)25(26-27(34(42)43)29(37)31(39)30(38)28(26)36)22-13-18-9-6-7-11-40-12-8-10-19(32(18)40)33(22)44-24/h13-16H,5-12H2,1-4H3/p+1. The molecule has 0 amide bonds. The van der Waals surface area contributed by atoms with Gasteiger partial charge in [0, 0.05) is 65.7 Å². The van der Waals surface area contributed by atoms with E-state index in [1.807, 2.05) is 0 Å².